The second kappa shape index (κ2) is 5.83. The zero-order chi connectivity index (χ0) is 10.4. The summed E-state index contributed by atoms with van der Waals surface area (Å²) in [5.41, 5.74) is 6.93. The minimum Gasteiger partial charge on any atom is -0.364 e. The number of aromatic amines is 1. The van der Waals surface area contributed by atoms with Crippen molar-refractivity contribution < 1.29 is 0 Å². The highest BCUT2D eigenvalue weighted by Crippen LogP contribution is 2.05. The zero-order valence-electron chi connectivity index (χ0n) is 9.16. The van der Waals surface area contributed by atoms with Crippen LogP contribution in [-0.4, -0.2) is 30.0 Å². The Balaban J connectivity index is 2.31. The number of rotatable bonds is 6. The zero-order valence-corrected chi connectivity index (χ0v) is 9.16. The highest BCUT2D eigenvalue weighted by Gasteiger charge is 2.08. The van der Waals surface area contributed by atoms with Crippen molar-refractivity contribution in [2.75, 3.05) is 20.1 Å². The minimum atomic E-state index is 0.620. The molecule has 0 saturated heterocycles. The van der Waals surface area contributed by atoms with Gasteiger partial charge in [-0.25, -0.2) is 0 Å². The van der Waals surface area contributed by atoms with Crippen LogP contribution in [-0.2, 0) is 6.54 Å². The molecule has 1 aromatic rings. The van der Waals surface area contributed by atoms with Crippen LogP contribution in [0.15, 0.2) is 18.3 Å². The molecule has 0 aliphatic rings. The molecular weight excluding hydrogens is 174 g/mol. The molecule has 3 heteroatoms. The third-order valence-electron chi connectivity index (χ3n) is 2.58. The number of nitrogens with zero attached hydrogens (tertiary/aromatic N) is 1. The summed E-state index contributed by atoms with van der Waals surface area (Å²) in [5.74, 6) is 0.620. The van der Waals surface area contributed by atoms with E-state index in [4.69, 9.17) is 5.73 Å². The van der Waals surface area contributed by atoms with Gasteiger partial charge >= 0.3 is 0 Å². The first kappa shape index (κ1) is 11.3. The Labute approximate surface area is 86.3 Å². The van der Waals surface area contributed by atoms with Crippen molar-refractivity contribution in [3.63, 3.8) is 0 Å². The van der Waals surface area contributed by atoms with Crippen LogP contribution in [0.25, 0.3) is 0 Å². The van der Waals surface area contributed by atoms with Crippen LogP contribution in [0.1, 0.15) is 19.0 Å². The first-order valence-electron chi connectivity index (χ1n) is 5.27. The van der Waals surface area contributed by atoms with E-state index in [2.05, 4.69) is 29.9 Å². The van der Waals surface area contributed by atoms with Crippen LogP contribution in [0, 0.1) is 5.92 Å². The van der Waals surface area contributed by atoms with Crippen molar-refractivity contribution >= 4 is 0 Å². The smallest absolute Gasteiger partial charge is 0.0382 e. The van der Waals surface area contributed by atoms with Crippen LogP contribution in [0.4, 0.5) is 0 Å². The number of nitrogens with two attached hydrogens (primary N) is 1. The molecule has 3 N–H and O–H groups in total. The summed E-state index contributed by atoms with van der Waals surface area (Å²) < 4.78 is 0. The van der Waals surface area contributed by atoms with Crippen molar-refractivity contribution in [3.8, 4) is 0 Å². The van der Waals surface area contributed by atoms with E-state index in [1.54, 1.807) is 0 Å². The largest absolute Gasteiger partial charge is 0.364 e. The molecule has 1 rings (SSSR count). The van der Waals surface area contributed by atoms with E-state index in [-0.39, 0.29) is 0 Å². The average Bonchev–Trinajstić information content (AvgIpc) is 2.66. The third kappa shape index (κ3) is 3.52. The molecule has 80 valence electrons. The summed E-state index contributed by atoms with van der Waals surface area (Å²) in [5, 5.41) is 0. The monoisotopic (exact) mass is 195 g/mol. The molecule has 0 bridgehead atoms. The van der Waals surface area contributed by atoms with Gasteiger partial charge in [0.05, 0.1) is 0 Å². The fourth-order valence-corrected chi connectivity index (χ4v) is 1.63. The predicted octanol–water partition coefficient (Wildman–Crippen LogP) is 1.43. The van der Waals surface area contributed by atoms with E-state index in [0.29, 0.717) is 5.92 Å². The lowest BCUT2D eigenvalue weighted by Gasteiger charge is -2.21. The van der Waals surface area contributed by atoms with Gasteiger partial charge in [-0.3, -0.25) is 0 Å². The summed E-state index contributed by atoms with van der Waals surface area (Å²) in [6.07, 6.45) is 3.12. The van der Waals surface area contributed by atoms with Crippen LogP contribution in [0.5, 0.6) is 0 Å². The molecule has 14 heavy (non-hydrogen) atoms. The second-order valence-corrected chi connectivity index (χ2v) is 3.90. The minimum absolute atomic E-state index is 0.620. The molecular formula is C11H21N3. The van der Waals surface area contributed by atoms with E-state index in [1.807, 2.05) is 12.3 Å². The molecule has 0 amide bonds. The van der Waals surface area contributed by atoms with Gasteiger partial charge in [-0.1, -0.05) is 13.3 Å². The first-order valence-corrected chi connectivity index (χ1v) is 5.27. The Morgan fingerprint density at radius 2 is 2.36 bits per heavy atom. The van der Waals surface area contributed by atoms with Gasteiger partial charge in [0.2, 0.25) is 0 Å². The normalized spacial score (nSPS) is 13.4. The summed E-state index contributed by atoms with van der Waals surface area (Å²) in [7, 11) is 2.14. The van der Waals surface area contributed by atoms with E-state index in [9.17, 15) is 0 Å². The fraction of sp³-hybridized carbons (Fsp3) is 0.636. The fourth-order valence-electron chi connectivity index (χ4n) is 1.63. The van der Waals surface area contributed by atoms with Gasteiger partial charge in [0, 0.05) is 25.0 Å². The van der Waals surface area contributed by atoms with Crippen LogP contribution in [0.3, 0.4) is 0 Å². The Hall–Kier alpha value is -0.800. The van der Waals surface area contributed by atoms with Gasteiger partial charge in [-0.2, -0.15) is 0 Å². The van der Waals surface area contributed by atoms with Gasteiger partial charge in [0.15, 0.2) is 0 Å². The first-order chi connectivity index (χ1) is 6.76. The number of hydrogen-bond donors (Lipinski definition) is 2. The molecule has 0 saturated carbocycles. The third-order valence-corrected chi connectivity index (χ3v) is 2.58. The van der Waals surface area contributed by atoms with Crippen molar-refractivity contribution in [2.45, 2.75) is 19.9 Å². The number of hydrogen-bond acceptors (Lipinski definition) is 2. The maximum atomic E-state index is 5.67. The van der Waals surface area contributed by atoms with E-state index >= 15 is 0 Å². The van der Waals surface area contributed by atoms with Crippen molar-refractivity contribution in [1.82, 2.24) is 9.88 Å². The van der Waals surface area contributed by atoms with Gasteiger partial charge in [0.25, 0.3) is 0 Å². The molecule has 0 fully saturated rings. The highest BCUT2D eigenvalue weighted by molar-refractivity contribution is 5.03. The summed E-state index contributed by atoms with van der Waals surface area (Å²) in [6.45, 7) is 5.03. The molecule has 3 nitrogen and oxygen atoms in total. The van der Waals surface area contributed by atoms with E-state index in [0.717, 1.165) is 26.1 Å². The van der Waals surface area contributed by atoms with Crippen LogP contribution >= 0.6 is 0 Å². The Morgan fingerprint density at radius 1 is 1.57 bits per heavy atom. The topological polar surface area (TPSA) is 45.0 Å². The van der Waals surface area contributed by atoms with Gasteiger partial charge in [-0.15, -0.1) is 0 Å². The molecule has 0 spiro atoms. The Morgan fingerprint density at radius 3 is 2.86 bits per heavy atom. The lowest BCUT2D eigenvalue weighted by Crippen LogP contribution is -2.29. The Kier molecular flexibility index (Phi) is 4.70. The number of nitrogens with one attached hydrogen (secondary N) is 1. The number of H-pyrrole nitrogens is 1. The molecule has 1 atom stereocenters. The second-order valence-electron chi connectivity index (χ2n) is 3.90. The summed E-state index contributed by atoms with van der Waals surface area (Å²) in [4.78, 5) is 5.52. The van der Waals surface area contributed by atoms with Crippen molar-refractivity contribution in [1.29, 1.82) is 0 Å². The van der Waals surface area contributed by atoms with Crippen molar-refractivity contribution in [2.24, 2.45) is 11.7 Å². The average molecular weight is 195 g/mol. The maximum Gasteiger partial charge on any atom is 0.0382 e. The van der Waals surface area contributed by atoms with Crippen LogP contribution in [0.2, 0.25) is 0 Å². The van der Waals surface area contributed by atoms with E-state index in [1.165, 1.54) is 5.69 Å². The predicted molar refractivity (Wildman–Crippen MR) is 60.0 cm³/mol. The van der Waals surface area contributed by atoms with Gasteiger partial charge in [-0.05, 0) is 31.6 Å². The summed E-state index contributed by atoms with van der Waals surface area (Å²) in [6, 6.07) is 4.14. The van der Waals surface area contributed by atoms with Gasteiger partial charge in [0.1, 0.15) is 0 Å². The lowest BCUT2D eigenvalue weighted by atomic mass is 10.1. The summed E-state index contributed by atoms with van der Waals surface area (Å²) >= 11 is 0. The maximum absolute atomic E-state index is 5.67. The van der Waals surface area contributed by atoms with E-state index < -0.39 is 0 Å². The molecule has 1 heterocycles. The molecule has 0 radical (unpaired) electrons. The standard InChI is InChI=1S/C11H21N3/c1-3-10(7-12)8-14(2)9-11-5-4-6-13-11/h4-6,10,13H,3,7-9,12H2,1-2H3. The molecule has 0 aliphatic heterocycles. The highest BCUT2D eigenvalue weighted by atomic mass is 15.1. The van der Waals surface area contributed by atoms with Crippen LogP contribution < -0.4 is 5.73 Å². The molecule has 1 unspecified atom stereocenters. The Bertz CT molecular complexity index is 227. The molecule has 0 aromatic carbocycles. The van der Waals surface area contributed by atoms with Crippen molar-refractivity contribution in [3.05, 3.63) is 24.0 Å². The lowest BCUT2D eigenvalue weighted by molar-refractivity contribution is 0.265. The quantitative estimate of drug-likeness (QED) is 0.721. The SMILES string of the molecule is CCC(CN)CN(C)Cc1ccc[nH]1. The molecule has 1 aromatic heterocycles. The van der Waals surface area contributed by atoms with Gasteiger partial charge < -0.3 is 15.6 Å². The molecule has 0 aliphatic carbocycles. The number of aromatic nitrogens is 1.